The van der Waals surface area contributed by atoms with Crippen molar-refractivity contribution in [3.8, 4) is 0 Å². The molecule has 156 valence electrons. The van der Waals surface area contributed by atoms with Crippen LogP contribution in [0.25, 0.3) is 0 Å². The maximum atomic E-state index is 13.8. The Morgan fingerprint density at radius 3 is 2.40 bits per heavy atom. The van der Waals surface area contributed by atoms with Gasteiger partial charge in [-0.3, -0.25) is 4.79 Å². The van der Waals surface area contributed by atoms with E-state index in [-0.39, 0.29) is 24.0 Å². The fourth-order valence-electron chi connectivity index (χ4n) is 3.68. The van der Waals surface area contributed by atoms with Crippen LogP contribution in [0.5, 0.6) is 0 Å². The molecule has 2 N–H and O–H groups in total. The highest BCUT2D eigenvalue weighted by Gasteiger charge is 2.46. The van der Waals surface area contributed by atoms with Crippen molar-refractivity contribution in [2.75, 3.05) is 5.32 Å². The quantitative estimate of drug-likeness (QED) is 0.629. The minimum atomic E-state index is -4.49. The molecular weight excluding hydrogens is 393 g/mol. The van der Waals surface area contributed by atoms with Gasteiger partial charge in [0.25, 0.3) is 5.91 Å². The second kappa shape index (κ2) is 7.85. The van der Waals surface area contributed by atoms with Gasteiger partial charge >= 0.3 is 6.18 Å². The number of rotatable bonds is 4. The van der Waals surface area contributed by atoms with E-state index in [1.807, 2.05) is 43.3 Å². The summed E-state index contributed by atoms with van der Waals surface area (Å²) in [5.74, 6) is -0.345. The van der Waals surface area contributed by atoms with Crippen molar-refractivity contribution in [1.82, 2.24) is 15.1 Å². The molecule has 0 saturated heterocycles. The van der Waals surface area contributed by atoms with Crippen molar-refractivity contribution in [2.24, 2.45) is 0 Å². The Labute approximate surface area is 171 Å². The van der Waals surface area contributed by atoms with Gasteiger partial charge in [0, 0.05) is 12.5 Å². The van der Waals surface area contributed by atoms with Gasteiger partial charge in [-0.2, -0.15) is 18.3 Å². The SMILES string of the molecule is C[C@H](NC(=O)c1cc2n(n1)[C@H](C(F)(F)F)C[C@@H](c1ccccc1)N2)c1ccccc1. The zero-order valence-electron chi connectivity index (χ0n) is 16.2. The number of carbonyl (C=O) groups is 1. The number of amides is 1. The number of alkyl halides is 3. The molecule has 1 amide bonds. The highest BCUT2D eigenvalue weighted by Crippen LogP contribution is 2.43. The molecule has 0 spiro atoms. The van der Waals surface area contributed by atoms with Crippen LogP contribution in [0.2, 0.25) is 0 Å². The number of fused-ring (bicyclic) bond motifs is 1. The lowest BCUT2D eigenvalue weighted by Gasteiger charge is -2.33. The second-order valence-electron chi connectivity index (χ2n) is 7.37. The Hall–Kier alpha value is -3.29. The number of nitrogens with one attached hydrogen (secondary N) is 2. The monoisotopic (exact) mass is 414 g/mol. The summed E-state index contributed by atoms with van der Waals surface area (Å²) in [6, 6.07) is 17.0. The first-order chi connectivity index (χ1) is 14.3. The molecule has 0 saturated carbocycles. The van der Waals surface area contributed by atoms with Crippen molar-refractivity contribution in [1.29, 1.82) is 0 Å². The molecule has 0 bridgehead atoms. The Bertz CT molecular complexity index is 1020. The smallest absolute Gasteiger partial charge is 0.363 e. The van der Waals surface area contributed by atoms with Gasteiger partial charge in [-0.05, 0) is 18.1 Å². The van der Waals surface area contributed by atoms with Crippen molar-refractivity contribution >= 4 is 11.7 Å². The lowest BCUT2D eigenvalue weighted by Crippen LogP contribution is -2.35. The molecule has 1 aliphatic heterocycles. The van der Waals surface area contributed by atoms with Crippen LogP contribution in [0, 0.1) is 0 Å². The lowest BCUT2D eigenvalue weighted by atomic mass is 9.97. The summed E-state index contributed by atoms with van der Waals surface area (Å²) >= 11 is 0. The lowest BCUT2D eigenvalue weighted by molar-refractivity contribution is -0.173. The van der Waals surface area contributed by atoms with Crippen molar-refractivity contribution in [2.45, 2.75) is 37.6 Å². The van der Waals surface area contributed by atoms with E-state index in [2.05, 4.69) is 15.7 Å². The number of aromatic nitrogens is 2. The Morgan fingerprint density at radius 1 is 1.13 bits per heavy atom. The van der Waals surface area contributed by atoms with E-state index >= 15 is 0 Å². The summed E-state index contributed by atoms with van der Waals surface area (Å²) in [6.07, 6.45) is -4.69. The van der Waals surface area contributed by atoms with Crippen LogP contribution < -0.4 is 10.6 Å². The molecule has 1 aliphatic rings. The Balaban J connectivity index is 1.60. The normalized spacial score (nSPS) is 19.5. The first-order valence-electron chi connectivity index (χ1n) is 9.66. The largest absolute Gasteiger partial charge is 0.410 e. The van der Waals surface area contributed by atoms with E-state index in [1.54, 1.807) is 24.3 Å². The maximum Gasteiger partial charge on any atom is 0.410 e. The molecule has 30 heavy (non-hydrogen) atoms. The number of nitrogens with zero attached hydrogens (tertiary/aromatic N) is 2. The molecule has 5 nitrogen and oxygen atoms in total. The number of carbonyl (C=O) groups excluding carboxylic acids is 1. The summed E-state index contributed by atoms with van der Waals surface area (Å²) in [6.45, 7) is 1.81. The van der Waals surface area contributed by atoms with E-state index in [9.17, 15) is 18.0 Å². The second-order valence-corrected chi connectivity index (χ2v) is 7.37. The molecule has 1 aromatic heterocycles. The minimum Gasteiger partial charge on any atom is -0.363 e. The molecule has 8 heteroatoms. The van der Waals surface area contributed by atoms with E-state index in [1.165, 1.54) is 6.07 Å². The predicted molar refractivity (Wildman–Crippen MR) is 107 cm³/mol. The van der Waals surface area contributed by atoms with Crippen LogP contribution in [0.1, 0.15) is 53.1 Å². The summed E-state index contributed by atoms with van der Waals surface area (Å²) in [5.41, 5.74) is 1.59. The van der Waals surface area contributed by atoms with E-state index in [4.69, 9.17) is 0 Å². The van der Waals surface area contributed by atoms with Crippen LogP contribution in [-0.2, 0) is 0 Å². The van der Waals surface area contributed by atoms with Crippen LogP contribution >= 0.6 is 0 Å². The van der Waals surface area contributed by atoms with Crippen LogP contribution in [0.15, 0.2) is 66.7 Å². The third-order valence-corrected chi connectivity index (χ3v) is 5.27. The molecule has 0 unspecified atom stereocenters. The molecule has 2 heterocycles. The average molecular weight is 414 g/mol. The van der Waals surface area contributed by atoms with E-state index < -0.39 is 24.2 Å². The van der Waals surface area contributed by atoms with Gasteiger partial charge in [0.15, 0.2) is 11.7 Å². The van der Waals surface area contributed by atoms with Gasteiger partial charge in [-0.25, -0.2) is 4.68 Å². The fraction of sp³-hybridized carbons (Fsp3) is 0.273. The summed E-state index contributed by atoms with van der Waals surface area (Å²) in [7, 11) is 0. The predicted octanol–water partition coefficient (Wildman–Crippen LogP) is 5.03. The summed E-state index contributed by atoms with van der Waals surface area (Å²) in [5, 5.41) is 9.89. The third kappa shape index (κ3) is 4.03. The maximum absolute atomic E-state index is 13.8. The molecular formula is C22H21F3N4O. The van der Waals surface area contributed by atoms with Gasteiger partial charge in [-0.1, -0.05) is 60.7 Å². The molecule has 0 fully saturated rings. The standard InChI is InChI=1S/C22H21F3N4O/c1-14(15-8-4-2-5-9-15)26-21(30)18-13-20-27-17(16-10-6-3-7-11-16)12-19(22(23,24)25)29(20)28-18/h2-11,13-14,17,19,27H,12H2,1H3,(H,26,30)/t14-,17-,19-/m0/s1. The molecule has 3 aromatic rings. The Morgan fingerprint density at radius 2 is 1.77 bits per heavy atom. The van der Waals surface area contributed by atoms with E-state index in [0.29, 0.717) is 0 Å². The molecule has 0 aliphatic carbocycles. The van der Waals surface area contributed by atoms with Crippen molar-refractivity contribution in [3.05, 3.63) is 83.6 Å². The molecule has 2 aromatic carbocycles. The average Bonchev–Trinajstić information content (AvgIpc) is 3.18. The van der Waals surface area contributed by atoms with Crippen molar-refractivity contribution < 1.29 is 18.0 Å². The van der Waals surface area contributed by atoms with Crippen LogP contribution in [-0.4, -0.2) is 21.9 Å². The van der Waals surface area contributed by atoms with Gasteiger partial charge in [-0.15, -0.1) is 0 Å². The van der Waals surface area contributed by atoms with Gasteiger partial charge in [0.1, 0.15) is 5.82 Å². The summed E-state index contributed by atoms with van der Waals surface area (Å²) < 4.78 is 42.2. The zero-order valence-corrected chi connectivity index (χ0v) is 16.2. The number of halogens is 3. The molecule has 3 atom stereocenters. The zero-order chi connectivity index (χ0) is 21.3. The van der Waals surface area contributed by atoms with Crippen LogP contribution in [0.3, 0.4) is 0 Å². The van der Waals surface area contributed by atoms with Gasteiger partial charge in [0.05, 0.1) is 12.1 Å². The molecule has 0 radical (unpaired) electrons. The number of hydrogen-bond donors (Lipinski definition) is 2. The highest BCUT2D eigenvalue weighted by atomic mass is 19.4. The van der Waals surface area contributed by atoms with Gasteiger partial charge in [0.2, 0.25) is 0 Å². The number of benzene rings is 2. The topological polar surface area (TPSA) is 59.0 Å². The molecule has 4 rings (SSSR count). The fourth-order valence-corrected chi connectivity index (χ4v) is 3.68. The number of anilines is 1. The third-order valence-electron chi connectivity index (χ3n) is 5.27. The van der Waals surface area contributed by atoms with Gasteiger partial charge < -0.3 is 10.6 Å². The minimum absolute atomic E-state index is 0.0526. The first-order valence-corrected chi connectivity index (χ1v) is 9.66. The Kier molecular flexibility index (Phi) is 5.24. The first kappa shape index (κ1) is 20.0. The van der Waals surface area contributed by atoms with Crippen LogP contribution in [0.4, 0.5) is 19.0 Å². The van der Waals surface area contributed by atoms with Crippen molar-refractivity contribution in [3.63, 3.8) is 0 Å². The highest BCUT2D eigenvalue weighted by molar-refractivity contribution is 5.93. The van der Waals surface area contributed by atoms with E-state index in [0.717, 1.165) is 15.8 Å². The summed E-state index contributed by atoms with van der Waals surface area (Å²) in [4.78, 5) is 12.7. The number of hydrogen-bond acceptors (Lipinski definition) is 3.